The van der Waals surface area contributed by atoms with Crippen LogP contribution >= 0.6 is 0 Å². The lowest BCUT2D eigenvalue weighted by molar-refractivity contribution is 0.0515. The summed E-state index contributed by atoms with van der Waals surface area (Å²) < 4.78 is 5.79. The summed E-state index contributed by atoms with van der Waals surface area (Å²) in [6.07, 6.45) is 5.09. The summed E-state index contributed by atoms with van der Waals surface area (Å²) in [7, 11) is 0. The zero-order chi connectivity index (χ0) is 15.4. The van der Waals surface area contributed by atoms with E-state index in [-0.39, 0.29) is 12.0 Å². The minimum atomic E-state index is -0.0517. The molecular weight excluding hydrogens is 278 g/mol. The maximum absolute atomic E-state index is 12.7. The number of carbonyl (C=O) groups is 1. The molecule has 5 nitrogen and oxygen atoms in total. The number of nitrogens with zero attached hydrogens (tertiary/aromatic N) is 3. The van der Waals surface area contributed by atoms with Crippen molar-refractivity contribution < 1.29 is 9.53 Å². The summed E-state index contributed by atoms with van der Waals surface area (Å²) in [6, 6.07) is 9.81. The van der Waals surface area contributed by atoms with Gasteiger partial charge in [-0.05, 0) is 37.5 Å². The van der Waals surface area contributed by atoms with E-state index < -0.39 is 0 Å². The molecule has 0 spiro atoms. The quantitative estimate of drug-likeness (QED) is 0.873. The van der Waals surface area contributed by atoms with E-state index in [9.17, 15) is 4.79 Å². The highest BCUT2D eigenvalue weighted by molar-refractivity contribution is 5.95. The molecule has 2 heterocycles. The van der Waals surface area contributed by atoms with E-state index in [2.05, 4.69) is 9.97 Å². The SMILES string of the molecule is Cc1ccccc1C(=O)N1CCCC(Oc2ncccn2)C1. The van der Waals surface area contributed by atoms with Gasteiger partial charge in [-0.3, -0.25) is 4.79 Å². The Labute approximate surface area is 130 Å². The van der Waals surface area contributed by atoms with Crippen molar-refractivity contribution in [2.75, 3.05) is 13.1 Å². The molecule has 1 aliphatic heterocycles. The third-order valence-corrected chi connectivity index (χ3v) is 3.86. The molecule has 0 saturated carbocycles. The first kappa shape index (κ1) is 14.5. The second-order valence-corrected chi connectivity index (χ2v) is 5.48. The maximum atomic E-state index is 12.7. The fourth-order valence-electron chi connectivity index (χ4n) is 2.70. The van der Waals surface area contributed by atoms with Crippen molar-refractivity contribution in [3.05, 3.63) is 53.9 Å². The van der Waals surface area contributed by atoms with Gasteiger partial charge in [-0.15, -0.1) is 0 Å². The molecule has 0 bridgehead atoms. The average molecular weight is 297 g/mol. The van der Waals surface area contributed by atoms with E-state index in [0.717, 1.165) is 30.5 Å². The predicted molar refractivity (Wildman–Crippen MR) is 82.8 cm³/mol. The monoisotopic (exact) mass is 297 g/mol. The Hall–Kier alpha value is -2.43. The van der Waals surface area contributed by atoms with Gasteiger partial charge in [-0.1, -0.05) is 18.2 Å². The lowest BCUT2D eigenvalue weighted by atomic mass is 10.0. The van der Waals surface area contributed by atoms with Gasteiger partial charge in [-0.2, -0.15) is 0 Å². The van der Waals surface area contributed by atoms with Crippen LogP contribution in [0.5, 0.6) is 6.01 Å². The normalized spacial score (nSPS) is 18.0. The van der Waals surface area contributed by atoms with E-state index >= 15 is 0 Å². The summed E-state index contributed by atoms with van der Waals surface area (Å²) in [5, 5.41) is 0. The van der Waals surface area contributed by atoms with Gasteiger partial charge in [-0.25, -0.2) is 9.97 Å². The number of ether oxygens (including phenoxy) is 1. The number of likely N-dealkylation sites (tertiary alicyclic amines) is 1. The van der Waals surface area contributed by atoms with Crippen molar-refractivity contribution in [1.29, 1.82) is 0 Å². The Morgan fingerprint density at radius 3 is 2.77 bits per heavy atom. The topological polar surface area (TPSA) is 55.3 Å². The Kier molecular flexibility index (Phi) is 4.32. The highest BCUT2D eigenvalue weighted by atomic mass is 16.5. The molecular formula is C17H19N3O2. The van der Waals surface area contributed by atoms with Gasteiger partial charge >= 0.3 is 6.01 Å². The zero-order valence-corrected chi connectivity index (χ0v) is 12.6. The molecule has 0 radical (unpaired) electrons. The Bertz CT molecular complexity index is 645. The number of aryl methyl sites for hydroxylation is 1. The Balaban J connectivity index is 1.68. The summed E-state index contributed by atoms with van der Waals surface area (Å²) >= 11 is 0. The minimum Gasteiger partial charge on any atom is -0.458 e. The van der Waals surface area contributed by atoms with Crippen molar-refractivity contribution in [3.63, 3.8) is 0 Å². The van der Waals surface area contributed by atoms with Crippen molar-refractivity contribution in [2.24, 2.45) is 0 Å². The van der Waals surface area contributed by atoms with Crippen molar-refractivity contribution in [2.45, 2.75) is 25.9 Å². The first-order valence-electron chi connectivity index (χ1n) is 7.52. The molecule has 5 heteroatoms. The van der Waals surface area contributed by atoms with Crippen LogP contribution in [0.2, 0.25) is 0 Å². The molecule has 1 fully saturated rings. The molecule has 22 heavy (non-hydrogen) atoms. The van der Waals surface area contributed by atoms with Crippen molar-refractivity contribution in [1.82, 2.24) is 14.9 Å². The van der Waals surface area contributed by atoms with Crippen LogP contribution in [-0.2, 0) is 0 Å². The number of hydrogen-bond donors (Lipinski definition) is 0. The molecule has 114 valence electrons. The minimum absolute atomic E-state index is 0.0517. The molecule has 2 aromatic rings. The molecule has 0 N–H and O–H groups in total. The van der Waals surface area contributed by atoms with E-state index in [4.69, 9.17) is 4.74 Å². The second kappa shape index (κ2) is 6.56. The van der Waals surface area contributed by atoms with E-state index in [0.29, 0.717) is 12.6 Å². The highest BCUT2D eigenvalue weighted by Gasteiger charge is 2.26. The number of piperidine rings is 1. The molecule has 1 aromatic heterocycles. The van der Waals surface area contributed by atoms with Crippen molar-refractivity contribution >= 4 is 5.91 Å². The van der Waals surface area contributed by atoms with Crippen LogP contribution in [0.3, 0.4) is 0 Å². The number of benzene rings is 1. The Morgan fingerprint density at radius 2 is 2.00 bits per heavy atom. The number of carbonyl (C=O) groups excluding carboxylic acids is 1. The van der Waals surface area contributed by atoms with Crippen LogP contribution in [0, 0.1) is 6.92 Å². The summed E-state index contributed by atoms with van der Waals surface area (Å²) in [6.45, 7) is 3.30. The van der Waals surface area contributed by atoms with Gasteiger partial charge in [0.05, 0.1) is 6.54 Å². The fourth-order valence-corrected chi connectivity index (χ4v) is 2.70. The average Bonchev–Trinajstić information content (AvgIpc) is 2.56. The van der Waals surface area contributed by atoms with E-state index in [1.165, 1.54) is 0 Å². The molecule has 1 amide bonds. The summed E-state index contributed by atoms with van der Waals surface area (Å²) in [5.74, 6) is 0.0698. The molecule has 3 rings (SSSR count). The molecule has 1 unspecified atom stereocenters. The lowest BCUT2D eigenvalue weighted by Crippen LogP contribution is -2.44. The number of aromatic nitrogens is 2. The highest BCUT2D eigenvalue weighted by Crippen LogP contribution is 2.18. The van der Waals surface area contributed by atoms with Crippen LogP contribution in [0.4, 0.5) is 0 Å². The lowest BCUT2D eigenvalue weighted by Gasteiger charge is -2.32. The van der Waals surface area contributed by atoms with Gasteiger partial charge in [0.25, 0.3) is 5.91 Å². The van der Waals surface area contributed by atoms with Gasteiger partial charge in [0.1, 0.15) is 6.10 Å². The van der Waals surface area contributed by atoms with Gasteiger partial charge in [0.2, 0.25) is 0 Å². The number of rotatable bonds is 3. The fraction of sp³-hybridized carbons (Fsp3) is 0.353. The van der Waals surface area contributed by atoms with E-state index in [1.807, 2.05) is 36.1 Å². The standard InChI is InChI=1S/C17H19N3O2/c1-13-6-2-3-8-15(13)16(21)20-11-4-7-14(12-20)22-17-18-9-5-10-19-17/h2-3,5-6,8-10,14H,4,7,11-12H2,1H3. The maximum Gasteiger partial charge on any atom is 0.316 e. The predicted octanol–water partition coefficient (Wildman–Crippen LogP) is 2.47. The van der Waals surface area contributed by atoms with Crippen LogP contribution in [0.1, 0.15) is 28.8 Å². The van der Waals surface area contributed by atoms with Crippen LogP contribution in [0.15, 0.2) is 42.7 Å². The second-order valence-electron chi connectivity index (χ2n) is 5.48. The van der Waals surface area contributed by atoms with Crippen LogP contribution in [-0.4, -0.2) is 40.0 Å². The third kappa shape index (κ3) is 3.24. The molecule has 1 saturated heterocycles. The van der Waals surface area contributed by atoms with Gasteiger partial charge in [0, 0.05) is 24.5 Å². The molecule has 0 aliphatic carbocycles. The smallest absolute Gasteiger partial charge is 0.316 e. The van der Waals surface area contributed by atoms with E-state index in [1.54, 1.807) is 18.5 Å². The number of amides is 1. The third-order valence-electron chi connectivity index (χ3n) is 3.86. The van der Waals surface area contributed by atoms with Crippen LogP contribution < -0.4 is 4.74 Å². The van der Waals surface area contributed by atoms with Crippen LogP contribution in [0.25, 0.3) is 0 Å². The van der Waals surface area contributed by atoms with Gasteiger partial charge < -0.3 is 9.64 Å². The number of hydrogen-bond acceptors (Lipinski definition) is 4. The molecule has 1 aliphatic rings. The zero-order valence-electron chi connectivity index (χ0n) is 12.6. The summed E-state index contributed by atoms with van der Waals surface area (Å²) in [4.78, 5) is 22.7. The summed E-state index contributed by atoms with van der Waals surface area (Å²) in [5.41, 5.74) is 1.76. The van der Waals surface area contributed by atoms with Crippen molar-refractivity contribution in [3.8, 4) is 6.01 Å². The van der Waals surface area contributed by atoms with Gasteiger partial charge in [0.15, 0.2) is 0 Å². The Morgan fingerprint density at radius 1 is 1.23 bits per heavy atom. The molecule has 1 atom stereocenters. The molecule has 1 aromatic carbocycles. The first-order valence-corrected chi connectivity index (χ1v) is 7.52. The largest absolute Gasteiger partial charge is 0.458 e. The first-order chi connectivity index (χ1) is 10.7.